The van der Waals surface area contributed by atoms with Gasteiger partial charge in [0.15, 0.2) is 0 Å². The van der Waals surface area contributed by atoms with E-state index in [0.29, 0.717) is 12.5 Å². The molecule has 3 N–H and O–H groups in total. The van der Waals surface area contributed by atoms with E-state index < -0.39 is 11.9 Å². The van der Waals surface area contributed by atoms with E-state index in [9.17, 15) is 13.2 Å². The van der Waals surface area contributed by atoms with Gasteiger partial charge in [-0.2, -0.15) is 13.2 Å². The molecule has 3 nitrogen and oxygen atoms in total. The minimum Gasteiger partial charge on any atom is -0.367 e. The summed E-state index contributed by atoms with van der Waals surface area (Å²) in [6, 6.07) is 4.04. The van der Waals surface area contributed by atoms with Crippen molar-refractivity contribution in [2.45, 2.75) is 37.9 Å². The quantitative estimate of drug-likeness (QED) is 0.890. The van der Waals surface area contributed by atoms with Gasteiger partial charge in [-0.25, -0.2) is 4.98 Å². The second kappa shape index (κ2) is 5.77. The lowest BCUT2D eigenvalue weighted by atomic mass is 9.84. The molecule has 1 heterocycles. The third-order valence-corrected chi connectivity index (χ3v) is 3.58. The van der Waals surface area contributed by atoms with Crippen molar-refractivity contribution < 1.29 is 13.2 Å². The number of pyridine rings is 1. The number of nitrogens with zero attached hydrogens (tertiary/aromatic N) is 1. The Morgan fingerprint density at radius 1 is 1.26 bits per heavy atom. The molecule has 1 aromatic heterocycles. The third-order valence-electron chi connectivity index (χ3n) is 3.58. The molecule has 0 spiro atoms. The van der Waals surface area contributed by atoms with Crippen molar-refractivity contribution in [1.82, 2.24) is 4.98 Å². The predicted octanol–water partition coefficient (Wildman–Crippen LogP) is 3.03. The first-order valence-corrected chi connectivity index (χ1v) is 6.51. The molecule has 1 saturated carbocycles. The first-order valence-electron chi connectivity index (χ1n) is 6.51. The summed E-state index contributed by atoms with van der Waals surface area (Å²) >= 11 is 0. The van der Waals surface area contributed by atoms with Gasteiger partial charge in [-0.05, 0) is 37.4 Å². The first kappa shape index (κ1) is 14.1. The van der Waals surface area contributed by atoms with Crippen LogP contribution in [0.3, 0.4) is 0 Å². The first-order chi connectivity index (χ1) is 9.00. The molecule has 1 aliphatic carbocycles. The number of hydrogen-bond donors (Lipinski definition) is 2. The Morgan fingerprint density at radius 2 is 2.00 bits per heavy atom. The normalized spacial score (nSPS) is 24.2. The summed E-state index contributed by atoms with van der Waals surface area (Å²) in [6.07, 6.45) is -0.242. The Kier molecular flexibility index (Phi) is 4.29. The molecule has 6 heteroatoms. The highest BCUT2D eigenvalue weighted by Gasteiger charge is 2.33. The van der Waals surface area contributed by atoms with Crippen LogP contribution in [0.25, 0.3) is 0 Å². The maximum atomic E-state index is 12.6. The van der Waals surface area contributed by atoms with Crippen molar-refractivity contribution in [3.8, 4) is 0 Å². The number of nitrogens with one attached hydrogen (secondary N) is 1. The van der Waals surface area contributed by atoms with Gasteiger partial charge >= 0.3 is 6.18 Å². The monoisotopic (exact) mass is 273 g/mol. The Hall–Kier alpha value is -1.30. The highest BCUT2D eigenvalue weighted by atomic mass is 19.4. The van der Waals surface area contributed by atoms with Crippen molar-refractivity contribution in [1.29, 1.82) is 0 Å². The molecule has 1 aliphatic rings. The van der Waals surface area contributed by atoms with E-state index >= 15 is 0 Å². The number of rotatable bonds is 3. The topological polar surface area (TPSA) is 50.9 Å². The van der Waals surface area contributed by atoms with Gasteiger partial charge in [0.25, 0.3) is 0 Å². The maximum Gasteiger partial charge on any atom is 0.433 e. The molecule has 2 atom stereocenters. The van der Waals surface area contributed by atoms with Crippen molar-refractivity contribution in [2.24, 2.45) is 11.7 Å². The van der Waals surface area contributed by atoms with E-state index in [1.807, 2.05) is 0 Å². The molecule has 19 heavy (non-hydrogen) atoms. The van der Waals surface area contributed by atoms with Gasteiger partial charge in [-0.15, -0.1) is 0 Å². The molecule has 0 aliphatic heterocycles. The van der Waals surface area contributed by atoms with Crippen molar-refractivity contribution in [3.63, 3.8) is 0 Å². The molecule has 0 aromatic carbocycles. The van der Waals surface area contributed by atoms with Crippen LogP contribution in [0.2, 0.25) is 0 Å². The van der Waals surface area contributed by atoms with E-state index in [2.05, 4.69) is 10.3 Å². The highest BCUT2D eigenvalue weighted by Crippen LogP contribution is 2.30. The Morgan fingerprint density at radius 3 is 2.68 bits per heavy atom. The van der Waals surface area contributed by atoms with E-state index in [-0.39, 0.29) is 11.9 Å². The van der Waals surface area contributed by atoms with Gasteiger partial charge in [-0.3, -0.25) is 0 Å². The lowest BCUT2D eigenvalue weighted by molar-refractivity contribution is -0.141. The zero-order valence-electron chi connectivity index (χ0n) is 10.6. The summed E-state index contributed by atoms with van der Waals surface area (Å²) < 4.78 is 37.7. The molecule has 106 valence electrons. The number of anilines is 1. The van der Waals surface area contributed by atoms with Gasteiger partial charge in [0.05, 0.1) is 0 Å². The average Bonchev–Trinajstić information content (AvgIpc) is 2.39. The highest BCUT2D eigenvalue weighted by molar-refractivity contribution is 5.37. The standard InChI is InChI=1S/C13H18F3N3/c14-13(15,16)11-6-3-7-12(19-11)18-10-5-2-1-4-9(10)8-17/h3,6-7,9-10H,1-2,4-5,8,17H2,(H,18,19). The Bertz CT molecular complexity index is 420. The second-order valence-electron chi connectivity index (χ2n) is 4.94. The number of aromatic nitrogens is 1. The van der Waals surface area contributed by atoms with Crippen LogP contribution >= 0.6 is 0 Å². The molecule has 1 fully saturated rings. The third kappa shape index (κ3) is 3.59. The lowest BCUT2D eigenvalue weighted by Gasteiger charge is -2.31. The van der Waals surface area contributed by atoms with Crippen molar-refractivity contribution >= 4 is 5.82 Å². The maximum absolute atomic E-state index is 12.6. The van der Waals surface area contributed by atoms with Gasteiger partial charge in [0.2, 0.25) is 0 Å². The molecular formula is C13H18F3N3. The van der Waals surface area contributed by atoms with Crippen LogP contribution in [0.15, 0.2) is 18.2 Å². The van der Waals surface area contributed by atoms with Crippen molar-refractivity contribution in [3.05, 3.63) is 23.9 Å². The number of hydrogen-bond acceptors (Lipinski definition) is 3. The van der Waals surface area contributed by atoms with Crippen LogP contribution in [0.1, 0.15) is 31.4 Å². The Balaban J connectivity index is 2.10. The van der Waals surface area contributed by atoms with E-state index in [4.69, 9.17) is 5.73 Å². The number of halogens is 3. The van der Waals surface area contributed by atoms with Crippen LogP contribution in [0.5, 0.6) is 0 Å². The molecule has 0 radical (unpaired) electrons. The molecule has 0 amide bonds. The van der Waals surface area contributed by atoms with E-state index in [0.717, 1.165) is 31.7 Å². The fraction of sp³-hybridized carbons (Fsp3) is 0.615. The van der Waals surface area contributed by atoms with Crippen LogP contribution < -0.4 is 11.1 Å². The smallest absolute Gasteiger partial charge is 0.367 e. The summed E-state index contributed by atoms with van der Waals surface area (Å²) in [4.78, 5) is 3.63. The zero-order chi connectivity index (χ0) is 13.9. The van der Waals surface area contributed by atoms with E-state index in [1.165, 1.54) is 6.07 Å². The molecule has 2 rings (SSSR count). The van der Waals surface area contributed by atoms with Crippen LogP contribution in [-0.2, 0) is 6.18 Å². The fourth-order valence-corrected chi connectivity index (χ4v) is 2.54. The molecule has 1 aromatic rings. The second-order valence-corrected chi connectivity index (χ2v) is 4.94. The van der Waals surface area contributed by atoms with Gasteiger partial charge in [0.1, 0.15) is 11.5 Å². The number of alkyl halides is 3. The van der Waals surface area contributed by atoms with E-state index in [1.54, 1.807) is 6.07 Å². The van der Waals surface area contributed by atoms with Crippen LogP contribution in [-0.4, -0.2) is 17.6 Å². The minimum atomic E-state index is -4.41. The fourth-order valence-electron chi connectivity index (χ4n) is 2.54. The van der Waals surface area contributed by atoms with Gasteiger partial charge in [-0.1, -0.05) is 18.9 Å². The molecule has 2 unspecified atom stereocenters. The Labute approximate surface area is 110 Å². The summed E-state index contributed by atoms with van der Waals surface area (Å²) in [7, 11) is 0. The lowest BCUT2D eigenvalue weighted by Crippen LogP contribution is -2.37. The largest absolute Gasteiger partial charge is 0.433 e. The SMILES string of the molecule is NCC1CCCCC1Nc1cccc(C(F)(F)F)n1. The molecular weight excluding hydrogens is 255 g/mol. The van der Waals surface area contributed by atoms with Crippen molar-refractivity contribution in [2.75, 3.05) is 11.9 Å². The van der Waals surface area contributed by atoms with Gasteiger partial charge in [0, 0.05) is 6.04 Å². The summed E-state index contributed by atoms with van der Waals surface area (Å²) in [6.45, 7) is 0.552. The molecule has 0 bridgehead atoms. The zero-order valence-corrected chi connectivity index (χ0v) is 10.6. The van der Waals surface area contributed by atoms with Crippen LogP contribution in [0, 0.1) is 5.92 Å². The average molecular weight is 273 g/mol. The molecule has 0 saturated heterocycles. The summed E-state index contributed by atoms with van der Waals surface area (Å²) in [5, 5.41) is 3.10. The number of nitrogens with two attached hydrogens (primary N) is 1. The summed E-state index contributed by atoms with van der Waals surface area (Å²) in [5.74, 6) is 0.588. The predicted molar refractivity (Wildman–Crippen MR) is 67.7 cm³/mol. The van der Waals surface area contributed by atoms with Gasteiger partial charge < -0.3 is 11.1 Å². The van der Waals surface area contributed by atoms with Crippen LogP contribution in [0.4, 0.5) is 19.0 Å². The minimum absolute atomic E-state index is 0.120. The summed E-state index contributed by atoms with van der Waals surface area (Å²) in [5.41, 5.74) is 4.84.